The van der Waals surface area contributed by atoms with E-state index in [9.17, 15) is 33.8 Å². The van der Waals surface area contributed by atoms with Crippen LogP contribution in [0.1, 0.15) is 136 Å². The zero-order chi connectivity index (χ0) is 47.4. The van der Waals surface area contributed by atoms with Gasteiger partial charge < -0.3 is 34.4 Å². The zero-order valence-corrected chi connectivity index (χ0v) is 40.0. The van der Waals surface area contributed by atoms with E-state index in [-0.39, 0.29) is 18.9 Å². The summed E-state index contributed by atoms with van der Waals surface area (Å²) < 4.78 is 47.7. The van der Waals surface area contributed by atoms with Crippen molar-refractivity contribution in [1.82, 2.24) is 0 Å². The Labute approximate surface area is 383 Å². The van der Waals surface area contributed by atoms with Crippen LogP contribution in [0.2, 0.25) is 0 Å². The molecule has 0 bridgehead atoms. The molecule has 0 aromatic heterocycles. The van der Waals surface area contributed by atoms with E-state index in [1.165, 1.54) is 0 Å². The maximum absolute atomic E-state index is 12.7. The average Bonchev–Trinajstić information content (AvgIpc) is 3.25. The fourth-order valence-electron chi connectivity index (χ4n) is 5.32. The Morgan fingerprint density at radius 1 is 0.500 bits per heavy atom. The summed E-state index contributed by atoms with van der Waals surface area (Å²) in [6.07, 6.45) is 48.6. The number of phosphoric acid groups is 2. The van der Waals surface area contributed by atoms with Crippen LogP contribution in [0, 0.1) is 0 Å². The van der Waals surface area contributed by atoms with Crippen molar-refractivity contribution in [3.8, 4) is 0 Å². The highest BCUT2D eigenvalue weighted by atomic mass is 31.2. The van der Waals surface area contributed by atoms with Crippen molar-refractivity contribution in [3.05, 3.63) is 109 Å². The van der Waals surface area contributed by atoms with E-state index in [0.29, 0.717) is 25.7 Å². The summed E-state index contributed by atoms with van der Waals surface area (Å²) in [6, 6.07) is 0. The Morgan fingerprint density at radius 2 is 0.953 bits per heavy atom. The van der Waals surface area contributed by atoms with E-state index in [2.05, 4.69) is 114 Å². The van der Waals surface area contributed by atoms with Crippen molar-refractivity contribution in [2.75, 3.05) is 26.4 Å². The number of phosphoric ester groups is 2. The number of aliphatic hydroxyl groups is 2. The molecule has 0 aromatic rings. The monoisotopic (exact) mass is 940 g/mol. The smallest absolute Gasteiger partial charge is 0.462 e. The first-order chi connectivity index (χ1) is 30.8. The third kappa shape index (κ3) is 45.3. The van der Waals surface area contributed by atoms with Crippen LogP contribution >= 0.6 is 15.6 Å². The fraction of sp³-hybridized carbons (Fsp3) is 0.583. The zero-order valence-electron chi connectivity index (χ0n) is 38.2. The quantitative estimate of drug-likeness (QED) is 0.0167. The van der Waals surface area contributed by atoms with Crippen LogP contribution in [0.25, 0.3) is 0 Å². The SMILES string of the molecule is CC/C=C\C/C=C\C/C=C\C/C=C\C/C=C\CCCCCC(=O)O[C@H](COC(=O)CCC/C=C\C/C=C\C/C=C\C/C=C\CC(O)CCC)COP(=O)(O)OC[C@@H](O)COP(=O)(O)O. The molecule has 64 heavy (non-hydrogen) atoms. The third-order valence-electron chi connectivity index (χ3n) is 8.69. The van der Waals surface area contributed by atoms with Gasteiger partial charge in [-0.15, -0.1) is 0 Å². The Kier molecular flexibility index (Phi) is 40.2. The summed E-state index contributed by atoms with van der Waals surface area (Å²) in [7, 11) is -9.73. The van der Waals surface area contributed by atoms with E-state index in [1.807, 2.05) is 18.2 Å². The summed E-state index contributed by atoms with van der Waals surface area (Å²) in [4.78, 5) is 52.7. The average molecular weight is 941 g/mol. The number of carbonyl (C=O) groups excluding carboxylic acids is 2. The van der Waals surface area contributed by atoms with Crippen molar-refractivity contribution in [3.63, 3.8) is 0 Å². The molecule has 5 N–H and O–H groups in total. The lowest BCUT2D eigenvalue weighted by Gasteiger charge is -2.20. The van der Waals surface area contributed by atoms with Crippen LogP contribution in [-0.4, -0.2) is 81.6 Å². The van der Waals surface area contributed by atoms with E-state index in [1.54, 1.807) is 0 Å². The molecular weight excluding hydrogens is 862 g/mol. The molecule has 4 atom stereocenters. The predicted octanol–water partition coefficient (Wildman–Crippen LogP) is 10.9. The molecule has 0 saturated heterocycles. The first-order valence-corrected chi connectivity index (χ1v) is 25.7. The summed E-state index contributed by atoms with van der Waals surface area (Å²) in [5.74, 6) is -1.17. The van der Waals surface area contributed by atoms with Crippen molar-refractivity contribution < 1.29 is 66.7 Å². The molecule has 0 heterocycles. The van der Waals surface area contributed by atoms with Crippen LogP contribution in [0.15, 0.2) is 109 Å². The second-order valence-electron chi connectivity index (χ2n) is 14.8. The van der Waals surface area contributed by atoms with Gasteiger partial charge in [0, 0.05) is 12.8 Å². The van der Waals surface area contributed by atoms with Gasteiger partial charge >= 0.3 is 27.6 Å². The van der Waals surface area contributed by atoms with Crippen LogP contribution in [0.4, 0.5) is 0 Å². The number of hydrogen-bond acceptors (Lipinski definition) is 11. The molecule has 364 valence electrons. The van der Waals surface area contributed by atoms with Gasteiger partial charge in [-0.2, -0.15) is 0 Å². The highest BCUT2D eigenvalue weighted by Crippen LogP contribution is 2.43. The van der Waals surface area contributed by atoms with E-state index >= 15 is 0 Å². The minimum Gasteiger partial charge on any atom is -0.462 e. The normalized spacial score (nSPS) is 15.4. The van der Waals surface area contributed by atoms with Crippen molar-refractivity contribution in [2.45, 2.75) is 154 Å². The highest BCUT2D eigenvalue weighted by molar-refractivity contribution is 7.47. The van der Waals surface area contributed by atoms with Gasteiger partial charge in [0.1, 0.15) is 12.7 Å². The topological polar surface area (TPSA) is 216 Å². The maximum atomic E-state index is 12.7. The van der Waals surface area contributed by atoms with Gasteiger partial charge in [0.2, 0.25) is 0 Å². The lowest BCUT2D eigenvalue weighted by atomic mass is 10.1. The minimum absolute atomic E-state index is 0.0662. The number of aliphatic hydroxyl groups excluding tert-OH is 2. The molecular formula is C48H78O14P2. The van der Waals surface area contributed by atoms with Crippen molar-refractivity contribution >= 4 is 27.6 Å². The third-order valence-corrected chi connectivity index (χ3v) is 10.1. The molecule has 0 spiro atoms. The molecule has 0 aromatic carbocycles. The Bertz CT molecular complexity index is 1560. The Morgan fingerprint density at radius 3 is 1.47 bits per heavy atom. The molecule has 0 aliphatic carbocycles. The molecule has 14 nitrogen and oxygen atoms in total. The van der Waals surface area contributed by atoms with Gasteiger partial charge in [-0.1, -0.05) is 136 Å². The van der Waals surface area contributed by atoms with Crippen molar-refractivity contribution in [1.29, 1.82) is 0 Å². The summed E-state index contributed by atoms with van der Waals surface area (Å²) in [5.41, 5.74) is 0. The molecule has 0 fully saturated rings. The molecule has 0 aliphatic rings. The van der Waals surface area contributed by atoms with Gasteiger partial charge in [-0.25, -0.2) is 9.13 Å². The Hall–Kier alpha value is -3.26. The molecule has 0 radical (unpaired) electrons. The van der Waals surface area contributed by atoms with Crippen LogP contribution < -0.4 is 0 Å². The van der Waals surface area contributed by atoms with Crippen LogP contribution in [0.5, 0.6) is 0 Å². The molecule has 16 heteroatoms. The van der Waals surface area contributed by atoms with Gasteiger partial charge in [0.25, 0.3) is 0 Å². The summed E-state index contributed by atoms with van der Waals surface area (Å²) >= 11 is 0. The summed E-state index contributed by atoms with van der Waals surface area (Å²) in [5, 5.41) is 19.5. The van der Waals surface area contributed by atoms with Gasteiger partial charge in [0.15, 0.2) is 6.10 Å². The molecule has 0 amide bonds. The predicted molar refractivity (Wildman–Crippen MR) is 254 cm³/mol. The maximum Gasteiger partial charge on any atom is 0.472 e. The van der Waals surface area contributed by atoms with Gasteiger partial charge in [-0.05, 0) is 96.3 Å². The molecule has 2 unspecified atom stereocenters. The van der Waals surface area contributed by atoms with Crippen molar-refractivity contribution in [2.24, 2.45) is 0 Å². The second-order valence-corrected chi connectivity index (χ2v) is 17.5. The number of hydrogen-bond donors (Lipinski definition) is 5. The lowest BCUT2D eigenvalue weighted by molar-refractivity contribution is -0.161. The number of esters is 2. The van der Waals surface area contributed by atoms with Crippen LogP contribution in [0.3, 0.4) is 0 Å². The molecule has 0 aliphatic heterocycles. The highest BCUT2D eigenvalue weighted by Gasteiger charge is 2.28. The largest absolute Gasteiger partial charge is 0.472 e. The number of carbonyl (C=O) groups is 2. The van der Waals surface area contributed by atoms with E-state index in [4.69, 9.17) is 23.8 Å². The molecule has 0 rings (SSSR count). The number of allylic oxidation sites excluding steroid dienone is 17. The second kappa shape index (κ2) is 42.4. The fourth-order valence-corrected chi connectivity index (χ4v) is 6.48. The van der Waals surface area contributed by atoms with Gasteiger partial charge in [-0.3, -0.25) is 23.2 Å². The standard InChI is InChI=1S/C48H78O14P2/c1-3-5-6-7-8-9-10-11-12-13-14-15-16-19-23-26-29-32-35-39-48(52)62-46(43-61-64(56,57)60-41-45(50)40-59-63(53,54)55)42-58-47(51)38-34-31-28-25-22-20-17-18-21-24-27-30-33-37-44(49)36-4-2/h5-6,8-9,11-12,14-15,17,19-21,23-25,28,30,33,44-46,49-50H,3-4,7,10,13,16,18,22,26-27,29,31-32,34-43H2,1-2H3,(H,56,57)(H2,53,54,55)/b6-5-,9-8-,12-11-,15-14-,20-17-,23-19-,24-21-,28-25-,33-30-/t44?,45-,46+/m0/s1. The minimum atomic E-state index is -4.88. The molecule has 0 saturated carbocycles. The lowest BCUT2D eigenvalue weighted by Crippen LogP contribution is -2.30. The van der Waals surface area contributed by atoms with E-state index < -0.39 is 66.2 Å². The first-order valence-electron chi connectivity index (χ1n) is 22.7. The van der Waals surface area contributed by atoms with Gasteiger partial charge in [0.05, 0.1) is 25.9 Å². The summed E-state index contributed by atoms with van der Waals surface area (Å²) in [6.45, 7) is 1.32. The first kappa shape index (κ1) is 60.7. The number of ether oxygens (including phenoxy) is 2. The number of unbranched alkanes of at least 4 members (excludes halogenated alkanes) is 4. The van der Waals surface area contributed by atoms with E-state index in [0.717, 1.165) is 83.5 Å². The Balaban J connectivity index is 4.69. The van der Waals surface area contributed by atoms with Crippen LogP contribution in [-0.2, 0) is 41.8 Å². The number of rotatable bonds is 41.